The molecule has 2 saturated carbocycles. The van der Waals surface area contributed by atoms with Gasteiger partial charge < -0.3 is 43.5 Å². The molecular formula is C63H91F3N12O9. The van der Waals surface area contributed by atoms with E-state index in [0.717, 1.165) is 44.7 Å². The standard InChI is InChI=1S/C63H91F3N12O9/c1-38(2)53(74-23-25-87-62(33-74)34-75(35-62)59(82)56-54(40-11-12-40)76(56)32-51(79)70(6)7)57(80)68-49-28-44-31-73(22-24-85-44)42-15-16-50-45(26-42)47(29-61(4,5)37-86-60(83)48-10-9-17-78(69-48)58(49)81)55(77(50)36-63(64,65)66)46-27-43(30-67-52(46)39(3)84-8)72-20-18-71(19-21-72)41-13-14-41/h15-16,26,30,38-41,43-44,48-49,53-54,56,69H,9-14,17-25,27-29,31-37H2,1-8H3,(H,68,80)/t39-,43+,44-,48-,49-,53-,54+,56+,76?/m0/s1. The Morgan fingerprint density at radius 2 is 1.69 bits per heavy atom. The number of benzene rings is 1. The first-order valence-corrected chi connectivity index (χ1v) is 32.0. The maximum Gasteiger partial charge on any atom is 0.406 e. The Morgan fingerprint density at radius 1 is 0.943 bits per heavy atom. The highest BCUT2D eigenvalue weighted by atomic mass is 19.4. The van der Waals surface area contributed by atoms with E-state index in [9.17, 15) is 14.4 Å². The highest BCUT2D eigenvalue weighted by Gasteiger charge is 2.63. The molecule has 9 heterocycles. The van der Waals surface area contributed by atoms with Crippen molar-refractivity contribution in [3.05, 3.63) is 35.2 Å². The summed E-state index contributed by atoms with van der Waals surface area (Å²) >= 11 is 0. The lowest BCUT2D eigenvalue weighted by Crippen LogP contribution is -2.73. The largest absolute Gasteiger partial charge is 0.464 e. The maximum atomic E-state index is 15.3. The van der Waals surface area contributed by atoms with Gasteiger partial charge in [0.15, 0.2) is 0 Å². The second kappa shape index (κ2) is 24.5. The zero-order chi connectivity index (χ0) is 61.4. The third-order valence-corrected chi connectivity index (χ3v) is 20.1. The van der Waals surface area contributed by atoms with E-state index in [1.165, 1.54) is 22.4 Å². The van der Waals surface area contributed by atoms with Crippen molar-refractivity contribution in [1.82, 2.24) is 49.7 Å². The minimum absolute atomic E-state index is 0.0113. The number of nitrogens with one attached hydrogen (secondary N) is 2. The van der Waals surface area contributed by atoms with Crippen molar-refractivity contribution in [1.29, 1.82) is 0 Å². The molecule has 2 aromatic rings. The van der Waals surface area contributed by atoms with Crippen molar-refractivity contribution in [3.63, 3.8) is 0 Å². The maximum absolute atomic E-state index is 15.3. The Balaban J connectivity index is 0.828. The fraction of sp³-hybridized carbons (Fsp3) is 0.746. The molecule has 24 heteroatoms. The molecule has 6 bridgehead atoms. The number of hydrazine groups is 1. The summed E-state index contributed by atoms with van der Waals surface area (Å²) in [6.07, 6.45) is 2.45. The predicted molar refractivity (Wildman–Crippen MR) is 320 cm³/mol. The number of piperazine rings is 1. The molecule has 87 heavy (non-hydrogen) atoms. The smallest absolute Gasteiger partial charge is 0.406 e. The van der Waals surface area contributed by atoms with E-state index in [4.69, 9.17) is 23.9 Å². The van der Waals surface area contributed by atoms with Crippen LogP contribution in [-0.4, -0.2) is 261 Å². The number of aliphatic imine (C=N–C) groups is 1. The van der Waals surface area contributed by atoms with Crippen LogP contribution in [0.15, 0.2) is 28.9 Å². The number of cyclic esters (lactones) is 1. The number of amides is 4. The molecule has 8 fully saturated rings. The first kappa shape index (κ1) is 62.0. The normalized spacial score (nSPS) is 30.1. The number of carbonyl (C=O) groups is 5. The number of morpholine rings is 2. The van der Waals surface area contributed by atoms with Crippen LogP contribution in [0.25, 0.3) is 16.5 Å². The molecule has 2 aliphatic carbocycles. The van der Waals surface area contributed by atoms with Gasteiger partial charge in [-0.05, 0) is 93.9 Å². The lowest BCUT2D eigenvalue weighted by molar-refractivity contribution is -0.197. The van der Waals surface area contributed by atoms with E-state index in [2.05, 4.69) is 30.3 Å². The molecule has 1 spiro atoms. The quantitative estimate of drug-likeness (QED) is 0.206. The van der Waals surface area contributed by atoms with E-state index in [0.29, 0.717) is 111 Å². The number of carbonyl (C=O) groups excluding carboxylic acids is 5. The fourth-order valence-electron chi connectivity index (χ4n) is 15.1. The number of anilines is 1. The molecule has 1 unspecified atom stereocenters. The number of hydrogen-bond acceptors (Lipinski definition) is 16. The highest BCUT2D eigenvalue weighted by Crippen LogP contribution is 2.49. The molecule has 0 radical (unpaired) electrons. The van der Waals surface area contributed by atoms with E-state index in [1.54, 1.807) is 32.2 Å². The Morgan fingerprint density at radius 3 is 2.38 bits per heavy atom. The van der Waals surface area contributed by atoms with E-state index < -0.39 is 65.9 Å². The van der Waals surface area contributed by atoms with Gasteiger partial charge in [-0.1, -0.05) is 27.7 Å². The van der Waals surface area contributed by atoms with Gasteiger partial charge in [-0.15, -0.1) is 0 Å². The van der Waals surface area contributed by atoms with Gasteiger partial charge in [0.05, 0.1) is 69.1 Å². The minimum atomic E-state index is -4.59. The highest BCUT2D eigenvalue weighted by molar-refractivity contribution is 5.95. The van der Waals surface area contributed by atoms with Crippen molar-refractivity contribution in [2.24, 2.45) is 22.2 Å². The van der Waals surface area contributed by atoms with Crippen LogP contribution in [-0.2, 0) is 55.9 Å². The molecule has 9 atom stereocenters. The third-order valence-electron chi connectivity index (χ3n) is 20.1. The molecule has 8 aliphatic heterocycles. The number of fused-ring (bicyclic) bond motifs is 6. The van der Waals surface area contributed by atoms with Crippen molar-refractivity contribution in [2.45, 2.75) is 165 Å². The zero-order valence-corrected chi connectivity index (χ0v) is 52.1. The van der Waals surface area contributed by atoms with Gasteiger partial charge in [0.2, 0.25) is 17.7 Å². The number of rotatable bonds is 14. The Bertz CT molecular complexity index is 3000. The number of aromatic nitrogens is 1. The summed E-state index contributed by atoms with van der Waals surface area (Å²) < 4.78 is 72.3. The van der Waals surface area contributed by atoms with Gasteiger partial charge >= 0.3 is 12.1 Å². The number of ether oxygens (including phenoxy) is 4. The summed E-state index contributed by atoms with van der Waals surface area (Å²) in [6.45, 7) is 15.5. The van der Waals surface area contributed by atoms with Crippen LogP contribution >= 0.6 is 0 Å². The van der Waals surface area contributed by atoms with Gasteiger partial charge in [0.1, 0.15) is 30.3 Å². The van der Waals surface area contributed by atoms with Crippen LogP contribution in [0.5, 0.6) is 0 Å². The summed E-state index contributed by atoms with van der Waals surface area (Å²) in [4.78, 5) is 90.9. The Kier molecular flexibility index (Phi) is 17.5. The molecule has 6 saturated heterocycles. The number of methoxy groups -OCH3 is 1. The second-order valence-corrected chi connectivity index (χ2v) is 27.9. The van der Waals surface area contributed by atoms with Crippen molar-refractivity contribution >= 4 is 58.0 Å². The zero-order valence-electron chi connectivity index (χ0n) is 52.1. The van der Waals surface area contributed by atoms with Crippen molar-refractivity contribution < 1.29 is 56.1 Å². The number of halogens is 3. The van der Waals surface area contributed by atoms with E-state index in [1.807, 2.05) is 62.8 Å². The third kappa shape index (κ3) is 13.2. The molecule has 21 nitrogen and oxygen atoms in total. The molecule has 478 valence electrons. The topological polar surface area (TPSA) is 189 Å². The summed E-state index contributed by atoms with van der Waals surface area (Å²) in [5, 5.41) is 5.28. The number of esters is 1. The molecule has 12 rings (SSSR count). The molecule has 10 aliphatic rings. The van der Waals surface area contributed by atoms with Crippen LogP contribution in [0.2, 0.25) is 0 Å². The van der Waals surface area contributed by atoms with Crippen LogP contribution in [0, 0.1) is 17.3 Å². The molecule has 2 N–H and O–H groups in total. The van der Waals surface area contributed by atoms with Gasteiger partial charge in [-0.25, -0.2) is 5.43 Å². The molecule has 1 aromatic heterocycles. The SMILES string of the molecule is CO[C@@H](C)C1=C(c2c3c4cc(ccc4n2CC(F)(F)F)N2CCO[C@@H](C[C@H](NC(=O)[C@H](C(C)C)N4CCOC5(CN(C(=O)[C@H]6[C@@H](C7CC7)N6CC(=O)N(C)C)C5)C4)C(=O)N4CCC[C@H](N4)C(=O)OCC(C)(C)C3)C2)C[C@@H](N2CCN(C3CC3)CC2)C=N1. The van der Waals surface area contributed by atoms with Gasteiger partial charge in [-0.2, -0.15) is 13.2 Å². The average molecular weight is 1220 g/mol. The number of hydrogen-bond donors (Lipinski definition) is 2. The van der Waals surface area contributed by atoms with Gasteiger partial charge in [0, 0.05) is 138 Å². The molecule has 1 aromatic carbocycles. The first-order chi connectivity index (χ1) is 41.5. The van der Waals surface area contributed by atoms with E-state index >= 15 is 22.8 Å². The number of alkyl halides is 3. The summed E-state index contributed by atoms with van der Waals surface area (Å²) in [6, 6.07) is 3.22. The van der Waals surface area contributed by atoms with E-state index in [-0.39, 0.29) is 80.9 Å². The Hall–Kier alpha value is -5.21. The first-order valence-electron chi connectivity index (χ1n) is 32.0. The van der Waals surface area contributed by atoms with Crippen LogP contribution in [0.3, 0.4) is 0 Å². The summed E-state index contributed by atoms with van der Waals surface area (Å²) in [5.74, 6) is -1.11. The van der Waals surface area contributed by atoms with Gasteiger partial charge in [-0.3, -0.25) is 53.6 Å². The monoisotopic (exact) mass is 1220 g/mol. The minimum Gasteiger partial charge on any atom is -0.464 e. The summed E-state index contributed by atoms with van der Waals surface area (Å²) in [5.41, 5.74) is 5.34. The van der Waals surface area contributed by atoms with Crippen molar-refractivity contribution in [3.8, 4) is 0 Å². The van der Waals surface area contributed by atoms with Crippen LogP contribution in [0.4, 0.5) is 18.9 Å². The average Bonchev–Trinajstić information content (AvgIpc) is 1.66. The molecule has 4 amide bonds. The van der Waals surface area contributed by atoms with Crippen LogP contribution < -0.4 is 15.6 Å². The van der Waals surface area contributed by atoms with Crippen molar-refractivity contribution in [2.75, 3.05) is 124 Å². The molecular weight excluding hydrogens is 1130 g/mol. The second-order valence-electron chi connectivity index (χ2n) is 27.9. The predicted octanol–water partition coefficient (Wildman–Crippen LogP) is 3.76. The number of nitrogens with zero attached hydrogens (tertiary/aromatic N) is 10. The lowest BCUT2D eigenvalue weighted by Gasteiger charge is -2.55. The van der Waals surface area contributed by atoms with Gasteiger partial charge in [0.25, 0.3) is 5.91 Å². The Labute approximate surface area is 509 Å². The fourth-order valence-corrected chi connectivity index (χ4v) is 15.1. The van der Waals surface area contributed by atoms with Crippen LogP contribution in [0.1, 0.15) is 97.2 Å². The summed E-state index contributed by atoms with van der Waals surface area (Å²) in [7, 11) is 5.04. The number of likely N-dealkylation sites (tertiary alicyclic amines) is 1. The number of likely N-dealkylation sites (N-methyl/N-ethyl adjacent to an activating group) is 1. The lowest BCUT2D eigenvalue weighted by atomic mass is 9.83.